The van der Waals surface area contributed by atoms with Gasteiger partial charge in [0, 0.05) is 7.05 Å². The van der Waals surface area contributed by atoms with E-state index in [2.05, 4.69) is 5.32 Å². The van der Waals surface area contributed by atoms with Crippen LogP contribution >= 0.6 is 23.2 Å². The highest BCUT2D eigenvalue weighted by Crippen LogP contribution is 2.25. The van der Waals surface area contributed by atoms with Gasteiger partial charge in [0.05, 0.1) is 15.6 Å². The molecule has 0 heterocycles. The number of carbonyl (C=O) groups excluding carboxylic acids is 2. The topological polar surface area (TPSA) is 55.4 Å². The van der Waals surface area contributed by atoms with Gasteiger partial charge in [-0.1, -0.05) is 29.3 Å². The number of nitrogens with one attached hydrogen (secondary N) is 1. The zero-order chi connectivity index (χ0) is 12.1. The van der Waals surface area contributed by atoms with Gasteiger partial charge in [-0.25, -0.2) is 4.79 Å². The molecule has 0 radical (unpaired) electrons. The zero-order valence-corrected chi connectivity index (χ0v) is 9.93. The summed E-state index contributed by atoms with van der Waals surface area (Å²) < 4.78 is 4.72. The summed E-state index contributed by atoms with van der Waals surface area (Å²) in [5.41, 5.74) is 0.137. The average molecular weight is 262 g/mol. The molecule has 0 fully saturated rings. The van der Waals surface area contributed by atoms with Crippen molar-refractivity contribution < 1.29 is 14.3 Å². The molecule has 86 valence electrons. The van der Waals surface area contributed by atoms with Crippen LogP contribution in [0.5, 0.6) is 0 Å². The van der Waals surface area contributed by atoms with Crippen molar-refractivity contribution in [1.29, 1.82) is 0 Å². The Kier molecular flexibility index (Phi) is 4.58. The number of hydrogen-bond donors (Lipinski definition) is 1. The first kappa shape index (κ1) is 12.8. The number of halogens is 2. The standard InChI is InChI=1S/C10H9Cl2NO3/c1-13-8(14)5-16-10(15)6-3-2-4-7(11)9(6)12/h2-4H,5H2,1H3,(H,13,14). The maximum absolute atomic E-state index is 11.5. The van der Waals surface area contributed by atoms with Gasteiger partial charge in [0.15, 0.2) is 6.61 Å². The van der Waals surface area contributed by atoms with E-state index in [1.807, 2.05) is 0 Å². The molecule has 1 N–H and O–H groups in total. The molecular weight excluding hydrogens is 253 g/mol. The summed E-state index contributed by atoms with van der Waals surface area (Å²) in [6.45, 7) is -0.349. The van der Waals surface area contributed by atoms with E-state index in [0.717, 1.165) is 0 Å². The lowest BCUT2D eigenvalue weighted by Crippen LogP contribution is -2.25. The minimum Gasteiger partial charge on any atom is -0.452 e. The molecule has 0 unspecified atom stereocenters. The van der Waals surface area contributed by atoms with Gasteiger partial charge < -0.3 is 10.1 Å². The Balaban J connectivity index is 2.74. The van der Waals surface area contributed by atoms with Crippen molar-refractivity contribution in [1.82, 2.24) is 5.32 Å². The van der Waals surface area contributed by atoms with Crippen LogP contribution in [0.25, 0.3) is 0 Å². The minimum absolute atomic E-state index is 0.117. The van der Waals surface area contributed by atoms with Crippen LogP contribution in [0.1, 0.15) is 10.4 Å². The smallest absolute Gasteiger partial charge is 0.340 e. The zero-order valence-electron chi connectivity index (χ0n) is 8.42. The maximum atomic E-state index is 11.5. The summed E-state index contributed by atoms with van der Waals surface area (Å²) in [7, 11) is 1.45. The Bertz CT molecular complexity index is 421. The lowest BCUT2D eigenvalue weighted by atomic mass is 10.2. The summed E-state index contributed by atoms with van der Waals surface area (Å²) in [5, 5.41) is 2.70. The lowest BCUT2D eigenvalue weighted by Gasteiger charge is -2.06. The third kappa shape index (κ3) is 3.12. The van der Waals surface area contributed by atoms with Crippen molar-refractivity contribution in [2.45, 2.75) is 0 Å². The van der Waals surface area contributed by atoms with Gasteiger partial charge in [-0.15, -0.1) is 0 Å². The largest absolute Gasteiger partial charge is 0.452 e. The number of amides is 1. The van der Waals surface area contributed by atoms with Crippen LogP contribution < -0.4 is 5.32 Å². The number of benzene rings is 1. The first-order valence-electron chi connectivity index (χ1n) is 4.38. The van der Waals surface area contributed by atoms with Crippen LogP contribution in [-0.4, -0.2) is 25.5 Å². The van der Waals surface area contributed by atoms with Crippen LogP contribution in [0.2, 0.25) is 10.0 Å². The van der Waals surface area contributed by atoms with Crippen molar-refractivity contribution in [2.24, 2.45) is 0 Å². The Morgan fingerprint density at radius 1 is 1.38 bits per heavy atom. The van der Waals surface area contributed by atoms with Crippen molar-refractivity contribution in [3.63, 3.8) is 0 Å². The van der Waals surface area contributed by atoms with Gasteiger partial charge in [-0.05, 0) is 12.1 Å². The highest BCUT2D eigenvalue weighted by molar-refractivity contribution is 6.43. The molecule has 1 rings (SSSR count). The molecule has 1 aromatic carbocycles. The molecule has 6 heteroatoms. The van der Waals surface area contributed by atoms with Crippen LogP contribution in [0.4, 0.5) is 0 Å². The second kappa shape index (κ2) is 5.72. The second-order valence-corrected chi connectivity index (χ2v) is 3.64. The quantitative estimate of drug-likeness (QED) is 0.846. The van der Waals surface area contributed by atoms with Crippen molar-refractivity contribution in [3.05, 3.63) is 33.8 Å². The molecule has 0 saturated carbocycles. The second-order valence-electron chi connectivity index (χ2n) is 2.85. The number of ether oxygens (including phenoxy) is 1. The fraction of sp³-hybridized carbons (Fsp3) is 0.200. The Hall–Kier alpha value is -1.26. The minimum atomic E-state index is -0.684. The Morgan fingerprint density at radius 3 is 2.69 bits per heavy atom. The van der Waals surface area contributed by atoms with Gasteiger partial charge >= 0.3 is 5.97 Å². The van der Waals surface area contributed by atoms with Crippen LogP contribution in [0.15, 0.2) is 18.2 Å². The summed E-state index contributed by atoms with van der Waals surface area (Å²) in [4.78, 5) is 22.3. The van der Waals surface area contributed by atoms with E-state index in [9.17, 15) is 9.59 Å². The predicted molar refractivity (Wildman–Crippen MR) is 60.8 cm³/mol. The van der Waals surface area contributed by atoms with Gasteiger partial charge in [-0.2, -0.15) is 0 Å². The Morgan fingerprint density at radius 2 is 2.06 bits per heavy atom. The molecule has 1 amide bonds. The monoisotopic (exact) mass is 261 g/mol. The van der Waals surface area contributed by atoms with E-state index < -0.39 is 11.9 Å². The van der Waals surface area contributed by atoms with Crippen molar-refractivity contribution in [2.75, 3.05) is 13.7 Å². The summed E-state index contributed by atoms with van der Waals surface area (Å²) >= 11 is 11.5. The summed E-state index contributed by atoms with van der Waals surface area (Å²) in [6.07, 6.45) is 0. The first-order valence-corrected chi connectivity index (χ1v) is 5.13. The van der Waals surface area contributed by atoms with Crippen LogP contribution in [0, 0.1) is 0 Å². The van der Waals surface area contributed by atoms with Gasteiger partial charge in [0.2, 0.25) is 0 Å². The normalized spacial score (nSPS) is 9.69. The van der Waals surface area contributed by atoms with Gasteiger partial charge in [0.1, 0.15) is 0 Å². The predicted octanol–water partition coefficient (Wildman–Crippen LogP) is 1.90. The van der Waals surface area contributed by atoms with Crippen molar-refractivity contribution >= 4 is 35.1 Å². The highest BCUT2D eigenvalue weighted by atomic mass is 35.5. The summed E-state index contributed by atoms with van der Waals surface area (Å²) in [5.74, 6) is -1.08. The lowest BCUT2D eigenvalue weighted by molar-refractivity contribution is -0.123. The van der Waals surface area contributed by atoms with Crippen molar-refractivity contribution in [3.8, 4) is 0 Å². The molecule has 4 nitrogen and oxygen atoms in total. The van der Waals surface area contributed by atoms with Gasteiger partial charge in [-0.3, -0.25) is 4.79 Å². The van der Waals surface area contributed by atoms with E-state index in [0.29, 0.717) is 0 Å². The van der Waals surface area contributed by atoms with Crippen LogP contribution in [-0.2, 0) is 9.53 Å². The number of likely N-dealkylation sites (N-methyl/N-ethyl adjacent to an activating group) is 1. The molecule has 0 bridgehead atoms. The molecule has 0 aromatic heterocycles. The highest BCUT2D eigenvalue weighted by Gasteiger charge is 2.14. The molecule has 1 aromatic rings. The fourth-order valence-corrected chi connectivity index (χ4v) is 1.32. The molecular formula is C10H9Cl2NO3. The number of esters is 1. The van der Waals surface area contributed by atoms with E-state index in [1.165, 1.54) is 13.1 Å². The fourth-order valence-electron chi connectivity index (χ4n) is 0.942. The van der Waals surface area contributed by atoms with E-state index in [-0.39, 0.29) is 22.2 Å². The van der Waals surface area contributed by atoms with Crippen LogP contribution in [0.3, 0.4) is 0 Å². The van der Waals surface area contributed by atoms with E-state index in [1.54, 1.807) is 12.1 Å². The Labute approximate surface area is 102 Å². The van der Waals surface area contributed by atoms with E-state index in [4.69, 9.17) is 27.9 Å². The molecule has 0 aliphatic carbocycles. The molecule has 0 aliphatic heterocycles. The molecule has 0 spiro atoms. The molecule has 0 atom stereocenters. The third-order valence-electron chi connectivity index (χ3n) is 1.78. The number of carbonyl (C=O) groups is 2. The molecule has 0 saturated heterocycles. The SMILES string of the molecule is CNC(=O)COC(=O)c1cccc(Cl)c1Cl. The third-order valence-corrected chi connectivity index (χ3v) is 2.60. The number of hydrogen-bond acceptors (Lipinski definition) is 3. The average Bonchev–Trinajstić information content (AvgIpc) is 2.29. The summed E-state index contributed by atoms with van der Waals surface area (Å²) in [6, 6.07) is 4.60. The molecule has 16 heavy (non-hydrogen) atoms. The first-order chi connectivity index (χ1) is 7.56. The maximum Gasteiger partial charge on any atom is 0.340 e. The number of rotatable bonds is 3. The van der Waals surface area contributed by atoms with Gasteiger partial charge in [0.25, 0.3) is 5.91 Å². The molecule has 0 aliphatic rings. The van der Waals surface area contributed by atoms with E-state index >= 15 is 0 Å².